The molecule has 0 aliphatic carbocycles. The van der Waals surface area contributed by atoms with Crippen LogP contribution in [0, 0.1) is 13.8 Å². The fraction of sp³-hybridized carbons (Fsp3) is 0.167. The number of nitrogens with zero attached hydrogens (tertiary/aromatic N) is 4. The molecule has 0 saturated carbocycles. The van der Waals surface area contributed by atoms with E-state index in [9.17, 15) is 4.79 Å². The van der Waals surface area contributed by atoms with Gasteiger partial charge < -0.3 is 5.32 Å². The molecule has 1 N–H and O–H groups in total. The van der Waals surface area contributed by atoms with Crippen LogP contribution in [0.4, 0.5) is 0 Å². The zero-order valence-electron chi connectivity index (χ0n) is 17.7. The molecule has 0 atom stereocenters. The average molecular weight is 464 g/mol. The fourth-order valence-electron chi connectivity index (χ4n) is 3.29. The summed E-state index contributed by atoms with van der Waals surface area (Å²) in [5.41, 5.74) is 4.91. The number of hydrogen-bond donors (Lipinski definition) is 1. The number of carbonyl (C=O) groups excluding carboxylic acids is 1. The Labute approximate surface area is 196 Å². The van der Waals surface area contributed by atoms with E-state index in [0.29, 0.717) is 22.5 Å². The third kappa shape index (κ3) is 4.84. The van der Waals surface area contributed by atoms with E-state index in [4.69, 9.17) is 11.6 Å². The van der Waals surface area contributed by atoms with E-state index in [1.54, 1.807) is 12.4 Å². The summed E-state index contributed by atoms with van der Waals surface area (Å²) in [4.78, 5) is 16.6. The Morgan fingerprint density at radius 2 is 1.81 bits per heavy atom. The van der Waals surface area contributed by atoms with Crippen LogP contribution >= 0.6 is 23.4 Å². The molecule has 0 bridgehead atoms. The molecule has 0 saturated heterocycles. The molecule has 32 heavy (non-hydrogen) atoms. The van der Waals surface area contributed by atoms with Crippen LogP contribution in [0.3, 0.4) is 0 Å². The number of nitrogens with one attached hydrogen (secondary N) is 1. The quantitative estimate of drug-likeness (QED) is 0.390. The van der Waals surface area contributed by atoms with Gasteiger partial charge in [-0.05, 0) is 54.8 Å². The van der Waals surface area contributed by atoms with Gasteiger partial charge in [0.05, 0.1) is 11.4 Å². The molecule has 0 radical (unpaired) electrons. The molecule has 2 heterocycles. The number of pyridine rings is 1. The Morgan fingerprint density at radius 1 is 1.03 bits per heavy atom. The number of carbonyl (C=O) groups is 1. The van der Waals surface area contributed by atoms with Crippen molar-refractivity contribution in [3.63, 3.8) is 0 Å². The molecule has 0 fully saturated rings. The number of amides is 1. The van der Waals surface area contributed by atoms with Gasteiger partial charge in [-0.1, -0.05) is 53.7 Å². The van der Waals surface area contributed by atoms with Crippen LogP contribution in [0.25, 0.3) is 17.1 Å². The number of thioether (sulfide) groups is 1. The smallest absolute Gasteiger partial charge is 0.230 e. The van der Waals surface area contributed by atoms with Crippen LogP contribution in [0.2, 0.25) is 5.02 Å². The Hall–Kier alpha value is -3.16. The summed E-state index contributed by atoms with van der Waals surface area (Å²) in [7, 11) is 0. The maximum absolute atomic E-state index is 12.5. The second kappa shape index (κ2) is 9.97. The largest absolute Gasteiger partial charge is 0.351 e. The number of benzene rings is 2. The maximum Gasteiger partial charge on any atom is 0.230 e. The van der Waals surface area contributed by atoms with E-state index in [1.807, 2.05) is 73.0 Å². The molecule has 2 aromatic carbocycles. The Morgan fingerprint density at radius 3 is 2.59 bits per heavy atom. The van der Waals surface area contributed by atoms with Gasteiger partial charge in [0.15, 0.2) is 11.0 Å². The van der Waals surface area contributed by atoms with E-state index >= 15 is 0 Å². The first-order chi connectivity index (χ1) is 15.5. The molecule has 4 rings (SSSR count). The van der Waals surface area contributed by atoms with Crippen molar-refractivity contribution in [1.29, 1.82) is 0 Å². The number of aryl methyl sites for hydroxylation is 1. The topological polar surface area (TPSA) is 72.7 Å². The minimum absolute atomic E-state index is 0.0684. The lowest BCUT2D eigenvalue weighted by Crippen LogP contribution is -2.25. The Bertz CT molecular complexity index is 1240. The van der Waals surface area contributed by atoms with Crippen molar-refractivity contribution >= 4 is 29.3 Å². The van der Waals surface area contributed by atoms with E-state index in [2.05, 4.69) is 20.5 Å². The molecule has 0 aliphatic rings. The van der Waals surface area contributed by atoms with Gasteiger partial charge in [0.1, 0.15) is 0 Å². The van der Waals surface area contributed by atoms with Crippen LogP contribution in [0.1, 0.15) is 16.7 Å². The second-order valence-electron chi connectivity index (χ2n) is 7.25. The lowest BCUT2D eigenvalue weighted by molar-refractivity contribution is -0.118. The highest BCUT2D eigenvalue weighted by Gasteiger charge is 2.19. The van der Waals surface area contributed by atoms with E-state index in [-0.39, 0.29) is 11.7 Å². The maximum atomic E-state index is 12.5. The van der Waals surface area contributed by atoms with E-state index < -0.39 is 0 Å². The van der Waals surface area contributed by atoms with Gasteiger partial charge in [0.2, 0.25) is 5.91 Å². The first kappa shape index (κ1) is 22.0. The van der Waals surface area contributed by atoms with Crippen LogP contribution < -0.4 is 5.32 Å². The fourth-order valence-corrected chi connectivity index (χ4v) is 4.23. The SMILES string of the molecule is Cc1ccccc1CNC(=O)CSc1nnc(-c2ccncc2)n1-c1cccc(Cl)c1C. The highest BCUT2D eigenvalue weighted by molar-refractivity contribution is 7.99. The number of halogens is 1. The Kier molecular flexibility index (Phi) is 6.87. The lowest BCUT2D eigenvalue weighted by Gasteiger charge is -2.14. The van der Waals surface area contributed by atoms with Crippen LogP contribution in [0.5, 0.6) is 0 Å². The van der Waals surface area contributed by atoms with Gasteiger partial charge in [-0.2, -0.15) is 0 Å². The highest BCUT2D eigenvalue weighted by atomic mass is 35.5. The average Bonchev–Trinajstić information content (AvgIpc) is 3.23. The minimum Gasteiger partial charge on any atom is -0.351 e. The first-order valence-electron chi connectivity index (χ1n) is 10.1. The van der Waals surface area contributed by atoms with Crippen molar-refractivity contribution in [1.82, 2.24) is 25.1 Å². The van der Waals surface area contributed by atoms with Crippen LogP contribution in [-0.4, -0.2) is 31.4 Å². The third-order valence-corrected chi connectivity index (χ3v) is 6.46. The molecule has 1 amide bonds. The zero-order chi connectivity index (χ0) is 22.5. The minimum atomic E-state index is -0.0684. The summed E-state index contributed by atoms with van der Waals surface area (Å²) in [5.74, 6) is 0.821. The van der Waals surface area contributed by atoms with Crippen molar-refractivity contribution in [3.8, 4) is 17.1 Å². The molecule has 8 heteroatoms. The molecule has 4 aromatic rings. The predicted octanol–water partition coefficient (Wildman–Crippen LogP) is 5.01. The van der Waals surface area contributed by atoms with Crippen LogP contribution in [0.15, 0.2) is 72.1 Å². The van der Waals surface area contributed by atoms with Gasteiger partial charge in [0, 0.05) is 29.5 Å². The van der Waals surface area contributed by atoms with Gasteiger partial charge in [0.25, 0.3) is 0 Å². The molecular weight excluding hydrogens is 442 g/mol. The summed E-state index contributed by atoms with van der Waals surface area (Å²) in [5, 5.41) is 13.0. The van der Waals surface area contributed by atoms with E-state index in [1.165, 1.54) is 11.8 Å². The number of aromatic nitrogens is 4. The van der Waals surface area contributed by atoms with Crippen molar-refractivity contribution in [2.45, 2.75) is 25.5 Å². The van der Waals surface area contributed by atoms with Crippen molar-refractivity contribution < 1.29 is 4.79 Å². The van der Waals surface area contributed by atoms with E-state index in [0.717, 1.165) is 27.9 Å². The van der Waals surface area contributed by atoms with Crippen LogP contribution in [-0.2, 0) is 11.3 Å². The number of rotatable bonds is 7. The molecule has 0 aliphatic heterocycles. The summed E-state index contributed by atoms with van der Waals surface area (Å²) < 4.78 is 1.94. The van der Waals surface area contributed by atoms with Gasteiger partial charge in [-0.15, -0.1) is 10.2 Å². The summed E-state index contributed by atoms with van der Waals surface area (Å²) in [6, 6.07) is 17.5. The standard InChI is InChI=1S/C24H22ClN5OS/c1-16-6-3-4-7-19(16)14-27-22(31)15-32-24-29-28-23(18-10-12-26-13-11-18)30(24)21-9-5-8-20(25)17(21)2/h3-13H,14-15H2,1-2H3,(H,27,31). The van der Waals surface area contributed by atoms with Crippen molar-refractivity contribution in [3.05, 3.63) is 88.7 Å². The predicted molar refractivity (Wildman–Crippen MR) is 128 cm³/mol. The first-order valence-corrected chi connectivity index (χ1v) is 11.5. The second-order valence-corrected chi connectivity index (χ2v) is 8.60. The van der Waals surface area contributed by atoms with Crippen molar-refractivity contribution in [2.24, 2.45) is 0 Å². The van der Waals surface area contributed by atoms with Gasteiger partial charge >= 0.3 is 0 Å². The summed E-state index contributed by atoms with van der Waals surface area (Å²) in [6.07, 6.45) is 3.43. The summed E-state index contributed by atoms with van der Waals surface area (Å²) >= 11 is 7.72. The molecule has 2 aromatic heterocycles. The van der Waals surface area contributed by atoms with Gasteiger partial charge in [-0.3, -0.25) is 14.3 Å². The summed E-state index contributed by atoms with van der Waals surface area (Å²) in [6.45, 7) is 4.48. The molecule has 162 valence electrons. The van der Waals surface area contributed by atoms with Gasteiger partial charge in [-0.25, -0.2) is 0 Å². The monoisotopic (exact) mass is 463 g/mol. The highest BCUT2D eigenvalue weighted by Crippen LogP contribution is 2.31. The molecule has 6 nitrogen and oxygen atoms in total. The lowest BCUT2D eigenvalue weighted by atomic mass is 10.1. The van der Waals surface area contributed by atoms with Crippen molar-refractivity contribution in [2.75, 3.05) is 5.75 Å². The third-order valence-electron chi connectivity index (χ3n) is 5.12. The molecule has 0 spiro atoms. The zero-order valence-corrected chi connectivity index (χ0v) is 19.3. The molecular formula is C24H22ClN5OS. The normalized spacial score (nSPS) is 10.8. The molecule has 0 unspecified atom stereocenters. The Balaban J connectivity index is 1.57. The number of hydrogen-bond acceptors (Lipinski definition) is 5.